The first-order valence-electron chi connectivity index (χ1n) is 7.64. The number of hydrogen-bond donors (Lipinski definition) is 3. The minimum absolute atomic E-state index is 0.220. The number of nitrogens with one attached hydrogen (secondary N) is 2. The molecule has 0 aromatic heterocycles. The fraction of sp³-hybridized carbons (Fsp3) is 0.222. The molecule has 5 nitrogen and oxygen atoms in total. The lowest BCUT2D eigenvalue weighted by atomic mass is 10.0. The Kier molecular flexibility index (Phi) is 6.72. The molecule has 0 aliphatic carbocycles. The summed E-state index contributed by atoms with van der Waals surface area (Å²) in [6.07, 6.45) is -1.08. The second kappa shape index (κ2) is 9.00. The molecule has 0 spiro atoms. The lowest BCUT2D eigenvalue weighted by Gasteiger charge is -2.24. The molecule has 0 radical (unpaired) electrons. The standard InChI is InChI=1S/C18H20N2O3S/c1-2-23-17(22)15(16(21)13-9-5-3-6-10-13)20-18(24)19-14-11-7-4-8-12-14/h3-12,15-16,21H,2H2,1H3,(H2,19,20,24). The highest BCUT2D eigenvalue weighted by atomic mass is 32.1. The van der Waals surface area contributed by atoms with E-state index < -0.39 is 18.1 Å². The number of carbonyl (C=O) groups is 1. The number of esters is 1. The zero-order chi connectivity index (χ0) is 17.4. The quantitative estimate of drug-likeness (QED) is 0.553. The number of thiocarbonyl (C=S) groups is 1. The van der Waals surface area contributed by atoms with Crippen LogP contribution >= 0.6 is 12.2 Å². The summed E-state index contributed by atoms with van der Waals surface area (Å²) in [6, 6.07) is 17.2. The number of carbonyl (C=O) groups excluding carboxylic acids is 1. The second-order valence-electron chi connectivity index (χ2n) is 5.05. The Labute approximate surface area is 146 Å². The molecule has 2 aromatic carbocycles. The van der Waals surface area contributed by atoms with Gasteiger partial charge in [0.05, 0.1) is 6.61 Å². The van der Waals surface area contributed by atoms with Crippen molar-refractivity contribution in [3.63, 3.8) is 0 Å². The Hall–Kier alpha value is -2.44. The van der Waals surface area contributed by atoms with Crippen molar-refractivity contribution in [2.24, 2.45) is 0 Å². The van der Waals surface area contributed by atoms with Gasteiger partial charge in [-0.05, 0) is 36.8 Å². The Morgan fingerprint density at radius 3 is 2.29 bits per heavy atom. The van der Waals surface area contributed by atoms with Crippen LogP contribution in [0, 0.1) is 0 Å². The number of para-hydroxylation sites is 1. The van der Waals surface area contributed by atoms with Crippen LogP contribution in [0.5, 0.6) is 0 Å². The van der Waals surface area contributed by atoms with E-state index in [0.29, 0.717) is 5.56 Å². The van der Waals surface area contributed by atoms with Gasteiger partial charge in [0.25, 0.3) is 0 Å². The van der Waals surface area contributed by atoms with Crippen molar-refractivity contribution in [2.45, 2.75) is 19.1 Å². The van der Waals surface area contributed by atoms with Gasteiger partial charge in [0.15, 0.2) is 11.2 Å². The Balaban J connectivity index is 2.11. The molecular weight excluding hydrogens is 324 g/mol. The monoisotopic (exact) mass is 344 g/mol. The lowest BCUT2D eigenvalue weighted by Crippen LogP contribution is -2.47. The zero-order valence-corrected chi connectivity index (χ0v) is 14.1. The third-order valence-corrected chi connectivity index (χ3v) is 3.54. The molecular formula is C18H20N2O3S. The van der Waals surface area contributed by atoms with Crippen molar-refractivity contribution in [2.75, 3.05) is 11.9 Å². The van der Waals surface area contributed by atoms with Crippen LogP contribution in [0.15, 0.2) is 60.7 Å². The van der Waals surface area contributed by atoms with E-state index in [1.165, 1.54) is 0 Å². The number of aliphatic hydroxyl groups is 1. The maximum atomic E-state index is 12.2. The first kappa shape index (κ1) is 17.9. The van der Waals surface area contributed by atoms with Crippen LogP contribution in [0.2, 0.25) is 0 Å². The topological polar surface area (TPSA) is 70.6 Å². The molecule has 24 heavy (non-hydrogen) atoms. The van der Waals surface area contributed by atoms with Crippen molar-refractivity contribution in [1.29, 1.82) is 0 Å². The van der Waals surface area contributed by atoms with Gasteiger partial charge < -0.3 is 20.5 Å². The van der Waals surface area contributed by atoms with Crippen LogP contribution in [-0.2, 0) is 9.53 Å². The molecule has 0 aliphatic rings. The van der Waals surface area contributed by atoms with Gasteiger partial charge in [-0.15, -0.1) is 0 Å². The van der Waals surface area contributed by atoms with E-state index in [-0.39, 0.29) is 11.7 Å². The van der Waals surface area contributed by atoms with Crippen LogP contribution in [0.3, 0.4) is 0 Å². The summed E-state index contributed by atoms with van der Waals surface area (Å²) in [4.78, 5) is 12.2. The van der Waals surface area contributed by atoms with Gasteiger partial charge in [0.2, 0.25) is 0 Å². The molecule has 0 fully saturated rings. The van der Waals surface area contributed by atoms with Crippen LogP contribution in [0.1, 0.15) is 18.6 Å². The average molecular weight is 344 g/mol. The molecule has 2 aromatic rings. The highest BCUT2D eigenvalue weighted by molar-refractivity contribution is 7.80. The first-order chi connectivity index (χ1) is 11.6. The molecule has 0 bridgehead atoms. The number of ether oxygens (including phenoxy) is 1. The normalized spacial score (nSPS) is 12.8. The largest absolute Gasteiger partial charge is 0.464 e. The smallest absolute Gasteiger partial charge is 0.331 e. The molecule has 3 N–H and O–H groups in total. The summed E-state index contributed by atoms with van der Waals surface area (Å²) in [5, 5.41) is 16.6. The van der Waals surface area contributed by atoms with Crippen molar-refractivity contribution in [3.05, 3.63) is 66.2 Å². The van der Waals surface area contributed by atoms with Gasteiger partial charge >= 0.3 is 5.97 Å². The van der Waals surface area contributed by atoms with Gasteiger partial charge in [0.1, 0.15) is 6.10 Å². The van der Waals surface area contributed by atoms with Crippen molar-refractivity contribution in [3.8, 4) is 0 Å². The summed E-state index contributed by atoms with van der Waals surface area (Å²) in [6.45, 7) is 1.93. The third-order valence-electron chi connectivity index (χ3n) is 3.32. The van der Waals surface area contributed by atoms with Crippen LogP contribution in [0.4, 0.5) is 5.69 Å². The van der Waals surface area contributed by atoms with E-state index in [2.05, 4.69) is 10.6 Å². The van der Waals surface area contributed by atoms with Crippen molar-refractivity contribution in [1.82, 2.24) is 5.32 Å². The molecule has 2 unspecified atom stereocenters. The minimum atomic E-state index is -1.08. The number of aliphatic hydroxyl groups excluding tert-OH is 1. The van der Waals surface area contributed by atoms with Gasteiger partial charge in [-0.25, -0.2) is 4.79 Å². The molecule has 0 aliphatic heterocycles. The van der Waals surface area contributed by atoms with Crippen molar-refractivity contribution < 1.29 is 14.6 Å². The highest BCUT2D eigenvalue weighted by Gasteiger charge is 2.30. The summed E-state index contributed by atoms with van der Waals surface area (Å²) in [5.74, 6) is -0.564. The SMILES string of the molecule is CCOC(=O)C(NC(=S)Nc1ccccc1)C(O)c1ccccc1. The molecule has 2 rings (SSSR count). The molecule has 0 heterocycles. The number of anilines is 1. The Morgan fingerprint density at radius 2 is 1.71 bits per heavy atom. The average Bonchev–Trinajstić information content (AvgIpc) is 2.61. The molecule has 2 atom stereocenters. The predicted octanol–water partition coefficient (Wildman–Crippen LogP) is 2.64. The fourth-order valence-electron chi connectivity index (χ4n) is 2.17. The van der Waals surface area contributed by atoms with Gasteiger partial charge in [-0.3, -0.25) is 0 Å². The zero-order valence-electron chi connectivity index (χ0n) is 13.3. The first-order valence-corrected chi connectivity index (χ1v) is 8.05. The molecule has 0 saturated heterocycles. The van der Waals surface area contributed by atoms with Gasteiger partial charge in [-0.2, -0.15) is 0 Å². The third kappa shape index (κ3) is 5.04. The fourth-order valence-corrected chi connectivity index (χ4v) is 2.42. The van der Waals surface area contributed by atoms with E-state index in [4.69, 9.17) is 17.0 Å². The molecule has 6 heteroatoms. The summed E-state index contributed by atoms with van der Waals surface area (Å²) >= 11 is 5.24. The predicted molar refractivity (Wildman–Crippen MR) is 97.6 cm³/mol. The van der Waals surface area contributed by atoms with Crippen LogP contribution in [0.25, 0.3) is 0 Å². The highest BCUT2D eigenvalue weighted by Crippen LogP contribution is 2.18. The summed E-state index contributed by atoms with van der Waals surface area (Å²) < 4.78 is 5.05. The van der Waals surface area contributed by atoms with E-state index in [1.54, 1.807) is 31.2 Å². The Morgan fingerprint density at radius 1 is 1.12 bits per heavy atom. The lowest BCUT2D eigenvalue weighted by molar-refractivity contribution is -0.148. The molecule has 0 saturated carbocycles. The van der Waals surface area contributed by atoms with E-state index in [9.17, 15) is 9.90 Å². The second-order valence-corrected chi connectivity index (χ2v) is 5.46. The van der Waals surface area contributed by atoms with E-state index in [0.717, 1.165) is 5.69 Å². The molecule has 0 amide bonds. The van der Waals surface area contributed by atoms with E-state index in [1.807, 2.05) is 36.4 Å². The number of rotatable bonds is 6. The summed E-state index contributed by atoms with van der Waals surface area (Å²) in [7, 11) is 0. The number of benzene rings is 2. The van der Waals surface area contributed by atoms with Crippen molar-refractivity contribution >= 4 is 29.0 Å². The number of hydrogen-bond acceptors (Lipinski definition) is 4. The van der Waals surface area contributed by atoms with Crippen LogP contribution < -0.4 is 10.6 Å². The summed E-state index contributed by atoms with van der Waals surface area (Å²) in [5.41, 5.74) is 1.39. The van der Waals surface area contributed by atoms with Crippen LogP contribution in [-0.4, -0.2) is 28.8 Å². The molecule has 126 valence electrons. The maximum absolute atomic E-state index is 12.2. The Bertz CT molecular complexity index is 664. The van der Waals surface area contributed by atoms with E-state index >= 15 is 0 Å². The minimum Gasteiger partial charge on any atom is -0.464 e. The van der Waals surface area contributed by atoms with Gasteiger partial charge in [0, 0.05) is 5.69 Å². The van der Waals surface area contributed by atoms with Gasteiger partial charge in [-0.1, -0.05) is 48.5 Å². The maximum Gasteiger partial charge on any atom is 0.331 e.